The van der Waals surface area contributed by atoms with Crippen LogP contribution in [0.1, 0.15) is 22.8 Å². The van der Waals surface area contributed by atoms with Crippen LogP contribution in [0, 0.1) is 12.7 Å². The number of sulfonamides is 1. The summed E-state index contributed by atoms with van der Waals surface area (Å²) in [5.74, 6) is -0.793. The Kier molecular flexibility index (Phi) is 6.70. The standard InChI is InChI=1S/C18H22FN3O3S/c1-3-20-10-11-21-18(23)17-12-16(9-4-13(17)2)26(24,25)22-15-7-5-14(19)6-8-15/h4-9,12,20,22H,3,10-11H2,1-2H3,(H,21,23). The van der Waals surface area contributed by atoms with E-state index in [4.69, 9.17) is 0 Å². The second kappa shape index (κ2) is 8.77. The van der Waals surface area contributed by atoms with Gasteiger partial charge in [0, 0.05) is 24.3 Å². The summed E-state index contributed by atoms with van der Waals surface area (Å²) in [7, 11) is -3.89. The van der Waals surface area contributed by atoms with Crippen LogP contribution in [0.4, 0.5) is 10.1 Å². The molecular weight excluding hydrogens is 357 g/mol. The van der Waals surface area contributed by atoms with Crippen LogP contribution in [-0.2, 0) is 10.0 Å². The van der Waals surface area contributed by atoms with E-state index in [-0.39, 0.29) is 16.5 Å². The number of rotatable bonds is 8. The molecule has 0 fully saturated rings. The van der Waals surface area contributed by atoms with Crippen molar-refractivity contribution in [3.05, 3.63) is 59.4 Å². The minimum absolute atomic E-state index is 0.0377. The van der Waals surface area contributed by atoms with E-state index >= 15 is 0 Å². The molecule has 0 atom stereocenters. The quantitative estimate of drug-likeness (QED) is 0.614. The highest BCUT2D eigenvalue weighted by atomic mass is 32.2. The Morgan fingerprint density at radius 1 is 1.08 bits per heavy atom. The summed E-state index contributed by atoms with van der Waals surface area (Å²) in [4.78, 5) is 12.3. The maximum Gasteiger partial charge on any atom is 0.261 e. The van der Waals surface area contributed by atoms with Crippen molar-refractivity contribution in [1.82, 2.24) is 10.6 Å². The maximum absolute atomic E-state index is 13.0. The fraction of sp³-hybridized carbons (Fsp3) is 0.278. The Labute approximate surface area is 152 Å². The van der Waals surface area contributed by atoms with Crippen LogP contribution in [0.2, 0.25) is 0 Å². The van der Waals surface area contributed by atoms with Gasteiger partial charge in [-0.15, -0.1) is 0 Å². The molecule has 2 aromatic rings. The number of carbonyl (C=O) groups is 1. The predicted molar refractivity (Wildman–Crippen MR) is 99.3 cm³/mol. The lowest BCUT2D eigenvalue weighted by Crippen LogP contribution is -2.32. The molecule has 0 aromatic heterocycles. The van der Waals surface area contributed by atoms with Gasteiger partial charge in [0.15, 0.2) is 0 Å². The number of anilines is 1. The van der Waals surface area contributed by atoms with Crippen molar-refractivity contribution in [2.45, 2.75) is 18.7 Å². The Bertz CT molecular complexity index is 868. The lowest BCUT2D eigenvalue weighted by Gasteiger charge is -2.12. The van der Waals surface area contributed by atoms with E-state index in [1.807, 2.05) is 6.92 Å². The lowest BCUT2D eigenvalue weighted by atomic mass is 10.1. The molecule has 0 radical (unpaired) electrons. The second-order valence-corrected chi connectivity index (χ2v) is 7.38. The summed E-state index contributed by atoms with van der Waals surface area (Å²) < 4.78 is 40.4. The van der Waals surface area contributed by atoms with Crippen LogP contribution >= 0.6 is 0 Å². The maximum atomic E-state index is 13.0. The summed E-state index contributed by atoms with van der Waals surface area (Å²) in [6.07, 6.45) is 0. The predicted octanol–water partition coefficient (Wildman–Crippen LogP) is 2.27. The van der Waals surface area contributed by atoms with Gasteiger partial charge in [0.2, 0.25) is 0 Å². The molecular formula is C18H22FN3O3S. The third kappa shape index (κ3) is 5.27. The topological polar surface area (TPSA) is 87.3 Å². The van der Waals surface area contributed by atoms with Crippen molar-refractivity contribution >= 4 is 21.6 Å². The molecule has 140 valence electrons. The summed E-state index contributed by atoms with van der Waals surface area (Å²) in [5.41, 5.74) is 1.21. The first-order valence-electron chi connectivity index (χ1n) is 8.21. The number of hydrogen-bond acceptors (Lipinski definition) is 4. The molecule has 0 heterocycles. The van der Waals surface area contributed by atoms with Crippen molar-refractivity contribution in [3.8, 4) is 0 Å². The number of benzene rings is 2. The van der Waals surface area contributed by atoms with Crippen molar-refractivity contribution in [2.24, 2.45) is 0 Å². The molecule has 0 aliphatic heterocycles. The molecule has 0 unspecified atom stereocenters. The number of carbonyl (C=O) groups excluding carboxylic acids is 1. The Morgan fingerprint density at radius 3 is 2.42 bits per heavy atom. The van der Waals surface area contributed by atoms with Crippen molar-refractivity contribution in [2.75, 3.05) is 24.4 Å². The largest absolute Gasteiger partial charge is 0.351 e. The minimum Gasteiger partial charge on any atom is -0.351 e. The van der Waals surface area contributed by atoms with E-state index in [0.29, 0.717) is 24.2 Å². The summed E-state index contributed by atoms with van der Waals surface area (Å²) in [5, 5.41) is 5.84. The van der Waals surface area contributed by atoms with Gasteiger partial charge >= 0.3 is 0 Å². The van der Waals surface area contributed by atoms with Crippen LogP contribution in [0.5, 0.6) is 0 Å². The second-order valence-electron chi connectivity index (χ2n) is 5.70. The van der Waals surface area contributed by atoms with Crippen molar-refractivity contribution < 1.29 is 17.6 Å². The van der Waals surface area contributed by atoms with E-state index in [2.05, 4.69) is 15.4 Å². The van der Waals surface area contributed by atoms with Crippen LogP contribution in [0.15, 0.2) is 47.4 Å². The molecule has 1 amide bonds. The zero-order chi connectivity index (χ0) is 19.2. The highest BCUT2D eigenvalue weighted by Crippen LogP contribution is 2.19. The fourth-order valence-electron chi connectivity index (χ4n) is 2.28. The van der Waals surface area contributed by atoms with E-state index in [1.54, 1.807) is 13.0 Å². The molecule has 8 heteroatoms. The molecule has 6 nitrogen and oxygen atoms in total. The first-order valence-corrected chi connectivity index (χ1v) is 9.70. The zero-order valence-corrected chi connectivity index (χ0v) is 15.5. The number of halogens is 1. The zero-order valence-electron chi connectivity index (χ0n) is 14.7. The summed E-state index contributed by atoms with van der Waals surface area (Å²) in [6, 6.07) is 9.33. The Hall–Kier alpha value is -2.45. The van der Waals surface area contributed by atoms with Crippen LogP contribution < -0.4 is 15.4 Å². The van der Waals surface area contributed by atoms with Crippen LogP contribution in [-0.4, -0.2) is 34.0 Å². The van der Waals surface area contributed by atoms with Gasteiger partial charge in [-0.1, -0.05) is 13.0 Å². The van der Waals surface area contributed by atoms with Gasteiger partial charge in [0.1, 0.15) is 5.82 Å². The van der Waals surface area contributed by atoms with E-state index in [9.17, 15) is 17.6 Å². The fourth-order valence-corrected chi connectivity index (χ4v) is 3.37. The Morgan fingerprint density at radius 2 is 1.77 bits per heavy atom. The van der Waals surface area contributed by atoms with Gasteiger partial charge < -0.3 is 10.6 Å². The van der Waals surface area contributed by atoms with Gasteiger partial charge in [-0.25, -0.2) is 12.8 Å². The number of likely N-dealkylation sites (N-methyl/N-ethyl adjacent to an activating group) is 1. The molecule has 26 heavy (non-hydrogen) atoms. The van der Waals surface area contributed by atoms with Gasteiger partial charge in [-0.2, -0.15) is 0 Å². The number of nitrogens with one attached hydrogen (secondary N) is 3. The molecule has 0 aliphatic rings. The molecule has 2 aromatic carbocycles. The molecule has 0 saturated heterocycles. The normalized spacial score (nSPS) is 11.2. The van der Waals surface area contributed by atoms with E-state index < -0.39 is 15.8 Å². The van der Waals surface area contributed by atoms with Crippen LogP contribution in [0.25, 0.3) is 0 Å². The minimum atomic E-state index is -3.89. The van der Waals surface area contributed by atoms with Gasteiger partial charge in [0.05, 0.1) is 4.90 Å². The van der Waals surface area contributed by atoms with E-state index in [0.717, 1.165) is 18.7 Å². The van der Waals surface area contributed by atoms with Gasteiger partial charge in [0.25, 0.3) is 15.9 Å². The molecule has 0 spiro atoms. The van der Waals surface area contributed by atoms with Gasteiger partial charge in [-0.05, 0) is 55.4 Å². The van der Waals surface area contributed by atoms with Crippen LogP contribution in [0.3, 0.4) is 0 Å². The highest BCUT2D eigenvalue weighted by molar-refractivity contribution is 7.92. The molecule has 0 bridgehead atoms. The smallest absolute Gasteiger partial charge is 0.261 e. The molecule has 3 N–H and O–H groups in total. The monoisotopic (exact) mass is 379 g/mol. The number of amides is 1. The summed E-state index contributed by atoms with van der Waals surface area (Å²) in [6.45, 7) is 5.58. The third-order valence-corrected chi connectivity index (χ3v) is 5.08. The van der Waals surface area contributed by atoms with Gasteiger partial charge in [-0.3, -0.25) is 9.52 Å². The van der Waals surface area contributed by atoms with E-state index in [1.165, 1.54) is 24.3 Å². The average Bonchev–Trinajstić information content (AvgIpc) is 2.60. The summed E-state index contributed by atoms with van der Waals surface area (Å²) >= 11 is 0. The first kappa shape index (κ1) is 19.9. The highest BCUT2D eigenvalue weighted by Gasteiger charge is 2.18. The SMILES string of the molecule is CCNCCNC(=O)c1cc(S(=O)(=O)Nc2ccc(F)cc2)ccc1C. The van der Waals surface area contributed by atoms with Crippen molar-refractivity contribution in [1.29, 1.82) is 0 Å². The molecule has 0 aliphatic carbocycles. The first-order chi connectivity index (χ1) is 12.3. The molecule has 0 saturated carbocycles. The number of aryl methyl sites for hydroxylation is 1. The molecule has 2 rings (SSSR count). The Balaban J connectivity index is 2.18. The third-order valence-electron chi connectivity index (χ3n) is 3.70. The number of hydrogen-bond donors (Lipinski definition) is 3. The average molecular weight is 379 g/mol. The van der Waals surface area contributed by atoms with Crippen molar-refractivity contribution in [3.63, 3.8) is 0 Å². The lowest BCUT2D eigenvalue weighted by molar-refractivity contribution is 0.0953.